The zero-order valence-corrected chi connectivity index (χ0v) is 9.60. The second-order valence-electron chi connectivity index (χ2n) is 2.79. The van der Waals surface area contributed by atoms with E-state index in [9.17, 15) is 0 Å². The highest BCUT2D eigenvalue weighted by Gasteiger charge is 1.89. The molecule has 2 heteroatoms. The summed E-state index contributed by atoms with van der Waals surface area (Å²) in [5.74, 6) is 0. The number of rotatable bonds is 8. The first-order chi connectivity index (χ1) is 5.41. The molecule has 1 nitrogen and oxygen atoms in total. The molecule has 0 aromatic carbocycles. The fourth-order valence-corrected chi connectivity index (χ4v) is 1.35. The van der Waals surface area contributed by atoms with Gasteiger partial charge in [-0.1, -0.05) is 61.6 Å². The van der Waals surface area contributed by atoms with Gasteiger partial charge < -0.3 is 4.74 Å². The first-order valence-electron chi connectivity index (χ1n) is 4.55. The summed E-state index contributed by atoms with van der Waals surface area (Å²) in [6.45, 7) is 3.20. The molecule has 0 aromatic heterocycles. The molecule has 0 aliphatic rings. The number of alkyl halides is 1. The van der Waals surface area contributed by atoms with Gasteiger partial charge in [0.15, 0.2) is 0 Å². The zero-order chi connectivity index (χ0) is 8.36. The average molecular weight is 270 g/mol. The van der Waals surface area contributed by atoms with Gasteiger partial charge in [-0.25, -0.2) is 0 Å². The van der Waals surface area contributed by atoms with E-state index < -0.39 is 0 Å². The molecule has 0 N–H and O–H groups in total. The average Bonchev–Trinajstić information content (AvgIpc) is 2.03. The van der Waals surface area contributed by atoms with Crippen LogP contribution in [0.25, 0.3) is 0 Å². The van der Waals surface area contributed by atoms with Crippen LogP contribution < -0.4 is 0 Å². The molecule has 0 rings (SSSR count). The normalized spacial score (nSPS) is 10.4. The van der Waals surface area contributed by atoms with Crippen LogP contribution in [0.1, 0.15) is 45.4 Å². The van der Waals surface area contributed by atoms with Crippen LogP contribution in [-0.2, 0) is 4.74 Å². The van der Waals surface area contributed by atoms with Crippen LogP contribution in [0.2, 0.25) is 0 Å². The topological polar surface area (TPSA) is 9.23 Å². The number of ether oxygens (including phenoxy) is 1. The Morgan fingerprint density at radius 1 is 1.00 bits per heavy atom. The molecule has 0 fully saturated rings. The van der Waals surface area contributed by atoms with Gasteiger partial charge in [0.25, 0.3) is 0 Å². The molecule has 0 aliphatic heterocycles. The predicted molar refractivity (Wildman–Crippen MR) is 58.2 cm³/mol. The van der Waals surface area contributed by atoms with Gasteiger partial charge >= 0.3 is 0 Å². The summed E-state index contributed by atoms with van der Waals surface area (Å²) in [6, 6.07) is 0. The van der Waals surface area contributed by atoms with Crippen molar-refractivity contribution in [3.8, 4) is 0 Å². The van der Waals surface area contributed by atoms with Crippen LogP contribution in [0.5, 0.6) is 0 Å². The maximum absolute atomic E-state index is 5.23. The van der Waals surface area contributed by atoms with Crippen LogP contribution in [-0.4, -0.2) is 11.2 Å². The molecule has 0 radical (unpaired) electrons. The summed E-state index contributed by atoms with van der Waals surface area (Å²) in [7, 11) is 0. The third kappa shape index (κ3) is 10.7. The molecular weight excluding hydrogens is 251 g/mol. The van der Waals surface area contributed by atoms with Gasteiger partial charge in [-0.2, -0.15) is 0 Å². The number of hydrogen-bond acceptors (Lipinski definition) is 1. The first kappa shape index (κ1) is 11.7. The minimum Gasteiger partial charge on any atom is -0.371 e. The molecular formula is C9H19IO. The second-order valence-corrected chi connectivity index (χ2v) is 3.41. The summed E-state index contributed by atoms with van der Waals surface area (Å²) >= 11 is 2.24. The molecule has 0 saturated carbocycles. The van der Waals surface area contributed by atoms with E-state index in [0.717, 1.165) is 11.2 Å². The van der Waals surface area contributed by atoms with Crippen molar-refractivity contribution >= 4 is 22.6 Å². The molecule has 0 spiro atoms. The van der Waals surface area contributed by atoms with Gasteiger partial charge in [-0.3, -0.25) is 0 Å². The van der Waals surface area contributed by atoms with E-state index >= 15 is 0 Å². The molecule has 0 aliphatic carbocycles. The summed E-state index contributed by atoms with van der Waals surface area (Å²) in [5.41, 5.74) is 0. The van der Waals surface area contributed by atoms with E-state index in [2.05, 4.69) is 29.5 Å². The van der Waals surface area contributed by atoms with Gasteiger partial charge in [-0.15, -0.1) is 0 Å². The highest BCUT2D eigenvalue weighted by Crippen LogP contribution is 2.04. The standard InChI is InChI=1S/C9H19IO/c1-2-3-4-5-6-7-8-11-9-10/h2-9H2,1H3. The molecule has 0 heterocycles. The SMILES string of the molecule is CCCCCCCCOCI. The van der Waals surface area contributed by atoms with Crippen LogP contribution >= 0.6 is 22.6 Å². The molecule has 0 amide bonds. The monoisotopic (exact) mass is 270 g/mol. The fourth-order valence-electron chi connectivity index (χ4n) is 1.04. The quantitative estimate of drug-likeness (QED) is 0.371. The highest BCUT2D eigenvalue weighted by atomic mass is 127. The number of hydrogen-bond donors (Lipinski definition) is 0. The van der Waals surface area contributed by atoms with Crippen LogP contribution in [0, 0.1) is 0 Å². The minimum atomic E-state index is 0.840. The Labute approximate surface area is 84.0 Å². The van der Waals surface area contributed by atoms with Crippen molar-refractivity contribution in [3.63, 3.8) is 0 Å². The first-order valence-corrected chi connectivity index (χ1v) is 6.08. The maximum Gasteiger partial charge on any atom is 0.0979 e. The van der Waals surface area contributed by atoms with E-state index in [-0.39, 0.29) is 0 Å². The smallest absolute Gasteiger partial charge is 0.0979 e. The van der Waals surface area contributed by atoms with Crippen molar-refractivity contribution in [1.29, 1.82) is 0 Å². The van der Waals surface area contributed by atoms with E-state index in [4.69, 9.17) is 4.74 Å². The van der Waals surface area contributed by atoms with E-state index in [1.54, 1.807) is 0 Å². The Hall–Kier alpha value is 0.690. The number of halogens is 1. The Morgan fingerprint density at radius 2 is 1.64 bits per heavy atom. The van der Waals surface area contributed by atoms with Crippen molar-refractivity contribution in [3.05, 3.63) is 0 Å². The number of unbranched alkanes of at least 4 members (excludes halogenated alkanes) is 5. The zero-order valence-electron chi connectivity index (χ0n) is 7.44. The van der Waals surface area contributed by atoms with Gasteiger partial charge in [0.05, 0.1) is 4.61 Å². The molecule has 0 bridgehead atoms. The Morgan fingerprint density at radius 3 is 2.27 bits per heavy atom. The van der Waals surface area contributed by atoms with Crippen molar-refractivity contribution < 1.29 is 4.74 Å². The lowest BCUT2D eigenvalue weighted by atomic mass is 10.1. The van der Waals surface area contributed by atoms with Crippen molar-refractivity contribution in [1.82, 2.24) is 0 Å². The van der Waals surface area contributed by atoms with Crippen molar-refractivity contribution in [2.45, 2.75) is 45.4 Å². The second kappa shape index (κ2) is 10.7. The van der Waals surface area contributed by atoms with Crippen molar-refractivity contribution in [2.75, 3.05) is 11.2 Å². The molecule has 0 saturated heterocycles. The lowest BCUT2D eigenvalue weighted by Crippen LogP contribution is -1.90. The summed E-state index contributed by atoms with van der Waals surface area (Å²) in [5, 5.41) is 0. The van der Waals surface area contributed by atoms with Gasteiger partial charge in [0, 0.05) is 6.61 Å². The van der Waals surface area contributed by atoms with E-state index in [0.29, 0.717) is 0 Å². The largest absolute Gasteiger partial charge is 0.371 e. The summed E-state index contributed by atoms with van der Waals surface area (Å²) in [4.78, 5) is 0. The van der Waals surface area contributed by atoms with Gasteiger partial charge in [-0.05, 0) is 6.42 Å². The lowest BCUT2D eigenvalue weighted by Gasteiger charge is -1.99. The fraction of sp³-hybridized carbons (Fsp3) is 1.00. The molecule has 0 aromatic rings. The predicted octanol–water partition coefficient (Wildman–Crippen LogP) is 3.76. The van der Waals surface area contributed by atoms with E-state index in [1.165, 1.54) is 38.5 Å². The highest BCUT2D eigenvalue weighted by molar-refractivity contribution is 14.1. The Kier molecular flexibility index (Phi) is 11.4. The molecule has 0 atom stereocenters. The summed E-state index contributed by atoms with van der Waals surface area (Å²) in [6.07, 6.45) is 8.11. The minimum absolute atomic E-state index is 0.840. The van der Waals surface area contributed by atoms with Crippen LogP contribution in [0.4, 0.5) is 0 Å². The Bertz CT molecular complexity index is 58.6. The molecule has 11 heavy (non-hydrogen) atoms. The van der Waals surface area contributed by atoms with Gasteiger partial charge in [0.2, 0.25) is 0 Å². The van der Waals surface area contributed by atoms with E-state index in [1.807, 2.05) is 0 Å². The lowest BCUT2D eigenvalue weighted by molar-refractivity contribution is 0.184. The molecule has 0 unspecified atom stereocenters. The molecule has 68 valence electrons. The summed E-state index contributed by atoms with van der Waals surface area (Å²) < 4.78 is 6.07. The third-order valence-electron chi connectivity index (χ3n) is 1.72. The van der Waals surface area contributed by atoms with Crippen molar-refractivity contribution in [2.24, 2.45) is 0 Å². The maximum atomic E-state index is 5.23. The Balaban J connectivity index is 2.69. The van der Waals surface area contributed by atoms with Crippen LogP contribution in [0.15, 0.2) is 0 Å². The third-order valence-corrected chi connectivity index (χ3v) is 2.16. The van der Waals surface area contributed by atoms with Gasteiger partial charge in [0.1, 0.15) is 0 Å². The van der Waals surface area contributed by atoms with Crippen LogP contribution in [0.3, 0.4) is 0 Å².